The predicted octanol–water partition coefficient (Wildman–Crippen LogP) is 3.55. The number of likely N-dealkylation sites (N-methyl/N-ethyl adjacent to an activating group) is 1. The van der Waals surface area contributed by atoms with Gasteiger partial charge in [0.1, 0.15) is 22.5 Å². The quantitative estimate of drug-likeness (QED) is 0.0859. The molecule has 0 aliphatic carbocycles. The molecule has 0 radical (unpaired) electrons. The van der Waals surface area contributed by atoms with Crippen LogP contribution in [-0.2, 0) is 36.6 Å². The van der Waals surface area contributed by atoms with Gasteiger partial charge in [-0.1, -0.05) is 34.8 Å². The van der Waals surface area contributed by atoms with Gasteiger partial charge in [0.2, 0.25) is 6.29 Å². The van der Waals surface area contributed by atoms with Crippen molar-refractivity contribution in [3.05, 3.63) is 54.7 Å². The minimum Gasteiger partial charge on any atom is -0.506 e. The molecule has 13 nitrogen and oxygen atoms in total. The second-order valence-electron chi connectivity index (χ2n) is 9.73. The number of H-pyrrole nitrogens is 2. The van der Waals surface area contributed by atoms with E-state index in [9.17, 15) is 24.6 Å². The highest BCUT2D eigenvalue weighted by Gasteiger charge is 2.14. The number of carbonyl (C=O) groups is 1. The van der Waals surface area contributed by atoms with Gasteiger partial charge in [-0.15, -0.1) is 0 Å². The molecule has 4 aromatic rings. The number of aromatic hydroxyl groups is 2. The maximum absolute atomic E-state index is 11.5. The van der Waals surface area contributed by atoms with Crippen LogP contribution in [-0.4, -0.2) is 97.1 Å². The number of fused-ring (bicyclic) bond motifs is 2. The van der Waals surface area contributed by atoms with E-state index in [0.717, 1.165) is 56.2 Å². The number of carbonyl (C=O) groups excluding carboxylic acids is 1. The Balaban J connectivity index is 0.000000271. The largest absolute Gasteiger partial charge is 0.506 e. The van der Waals surface area contributed by atoms with Gasteiger partial charge in [-0.25, -0.2) is 0 Å². The van der Waals surface area contributed by atoms with Crippen LogP contribution in [0.25, 0.3) is 20.4 Å². The highest BCUT2D eigenvalue weighted by Crippen LogP contribution is 2.29. The summed E-state index contributed by atoms with van der Waals surface area (Å²) in [5.41, 5.74) is 8.56. The molecule has 2 aromatic carbocycles. The summed E-state index contributed by atoms with van der Waals surface area (Å²) < 4.78 is 22.4. The van der Waals surface area contributed by atoms with Crippen LogP contribution < -0.4 is 15.5 Å². The van der Waals surface area contributed by atoms with Crippen LogP contribution in [0.15, 0.2) is 33.9 Å². The second-order valence-corrected chi connectivity index (χ2v) is 11.7. The molecule has 0 unspecified atom stereocenters. The van der Waals surface area contributed by atoms with Gasteiger partial charge in [-0.05, 0) is 77.4 Å². The van der Waals surface area contributed by atoms with Crippen molar-refractivity contribution in [2.24, 2.45) is 5.73 Å². The Morgan fingerprint density at radius 2 is 1.26 bits per heavy atom. The number of aldehydes is 1. The van der Waals surface area contributed by atoms with Crippen LogP contribution in [0.5, 0.6) is 11.5 Å². The lowest BCUT2D eigenvalue weighted by Crippen LogP contribution is -2.34. The normalized spacial score (nSPS) is 11.2. The zero-order valence-corrected chi connectivity index (χ0v) is 28.6. The lowest BCUT2D eigenvalue weighted by molar-refractivity contribution is -0.155. The van der Waals surface area contributed by atoms with Crippen molar-refractivity contribution in [2.75, 3.05) is 53.1 Å². The number of aromatic nitrogens is 2. The van der Waals surface area contributed by atoms with Gasteiger partial charge in [0.05, 0.1) is 9.40 Å². The highest BCUT2D eigenvalue weighted by molar-refractivity contribution is 7.17. The van der Waals surface area contributed by atoms with Gasteiger partial charge < -0.3 is 49.8 Å². The van der Waals surface area contributed by atoms with Gasteiger partial charge in [0.15, 0.2) is 12.6 Å². The molecule has 0 saturated carbocycles. The first-order chi connectivity index (χ1) is 22.1. The Bertz CT molecular complexity index is 1570. The number of nitrogens with one attached hydrogen (secondary N) is 2. The minimum atomic E-state index is -0.667. The number of ether oxygens (including phenoxy) is 4. The molecular weight excluding hydrogens is 636 g/mol. The number of benzene rings is 2. The summed E-state index contributed by atoms with van der Waals surface area (Å²) >= 11 is 2.24. The van der Waals surface area contributed by atoms with E-state index < -0.39 is 6.29 Å². The summed E-state index contributed by atoms with van der Waals surface area (Å²) in [6, 6.07) is 6.88. The summed E-state index contributed by atoms with van der Waals surface area (Å²) in [5, 5.41) is 19.3. The van der Waals surface area contributed by atoms with Crippen molar-refractivity contribution in [1.82, 2.24) is 14.9 Å². The summed E-state index contributed by atoms with van der Waals surface area (Å²) in [6.07, 6.45) is 1.25. The smallest absolute Gasteiger partial charge is 0.305 e. The summed E-state index contributed by atoms with van der Waals surface area (Å²) in [5.74, 6) is 0.224. The molecule has 0 fully saturated rings. The van der Waals surface area contributed by atoms with E-state index in [4.69, 9.17) is 24.7 Å². The lowest BCUT2D eigenvalue weighted by atomic mass is 10.1. The molecule has 0 saturated heterocycles. The van der Waals surface area contributed by atoms with Crippen LogP contribution >= 0.6 is 22.7 Å². The number of nitrogens with zero attached hydrogens (tertiary/aromatic N) is 1. The molecule has 0 bridgehead atoms. The molecule has 0 amide bonds. The van der Waals surface area contributed by atoms with Gasteiger partial charge in [-0.3, -0.25) is 14.4 Å². The van der Waals surface area contributed by atoms with Crippen molar-refractivity contribution in [3.63, 3.8) is 0 Å². The first-order valence-electron chi connectivity index (χ1n) is 15.1. The number of thiazole rings is 2. The highest BCUT2D eigenvalue weighted by atomic mass is 32.1. The Morgan fingerprint density at radius 3 is 1.67 bits per heavy atom. The number of hydrogen-bond donors (Lipinski definition) is 5. The summed E-state index contributed by atoms with van der Waals surface area (Å²) in [4.78, 5) is 39.8. The number of phenols is 2. The summed E-state index contributed by atoms with van der Waals surface area (Å²) in [7, 11) is 2.02. The van der Waals surface area contributed by atoms with E-state index >= 15 is 0 Å². The standard InChI is InChI=1S/C16H24N2O4S.C9H10N2O2S.C6H12O3/c1-4-21-13(22-5-2)10-18(3)9-8-11-6-7-12(19)14-15(11)23-16(20)17-14;10-4-3-5-1-2-6(12)7-8(5)14-9(13)11-7;1-3-8-6(5-7)9-4-2/h6-7,13,19H,4-5,8-10H2,1-3H3,(H,17,20);1-2,12H,3-4,10H2,(H,11,13);5-6H,3-4H2,1-2H3. The zero-order valence-electron chi connectivity index (χ0n) is 27.0. The Morgan fingerprint density at radius 1 is 0.804 bits per heavy atom. The third kappa shape index (κ3) is 12.2. The van der Waals surface area contributed by atoms with Gasteiger partial charge in [0.25, 0.3) is 0 Å². The topological polar surface area (TPSA) is 189 Å². The number of nitrogens with two attached hydrogens (primary N) is 1. The maximum Gasteiger partial charge on any atom is 0.305 e. The minimum absolute atomic E-state index is 0.110. The van der Waals surface area contributed by atoms with Crippen molar-refractivity contribution in [2.45, 2.75) is 53.1 Å². The number of aromatic amines is 2. The fourth-order valence-corrected chi connectivity index (χ4v) is 6.13. The molecule has 0 atom stereocenters. The molecular formula is C31H46N4O9S2. The van der Waals surface area contributed by atoms with Crippen LogP contribution in [0.2, 0.25) is 0 Å². The van der Waals surface area contributed by atoms with Crippen LogP contribution in [0.4, 0.5) is 0 Å². The first kappa shape index (κ1) is 39.0. The third-order valence-electron chi connectivity index (χ3n) is 6.39. The second kappa shape index (κ2) is 20.9. The average molecular weight is 683 g/mol. The number of phenolic OH excluding ortho intramolecular Hbond substituents is 2. The number of hydrogen-bond acceptors (Lipinski definition) is 13. The average Bonchev–Trinajstić information content (AvgIpc) is 3.63. The van der Waals surface area contributed by atoms with Crippen LogP contribution in [0.1, 0.15) is 38.8 Å². The third-order valence-corrected chi connectivity index (χ3v) is 8.31. The Hall–Kier alpha value is -3.15. The van der Waals surface area contributed by atoms with Crippen LogP contribution in [0.3, 0.4) is 0 Å². The van der Waals surface area contributed by atoms with Gasteiger partial charge in [-0.2, -0.15) is 0 Å². The predicted molar refractivity (Wildman–Crippen MR) is 182 cm³/mol. The molecule has 4 rings (SSSR count). The first-order valence-corrected chi connectivity index (χ1v) is 16.7. The van der Waals surface area contributed by atoms with E-state index in [1.807, 2.05) is 40.8 Å². The van der Waals surface area contributed by atoms with Crippen molar-refractivity contribution in [1.29, 1.82) is 0 Å². The molecule has 6 N–H and O–H groups in total. The fourth-order valence-electron chi connectivity index (χ4n) is 4.33. The monoisotopic (exact) mass is 682 g/mol. The Labute approximate surface area is 275 Å². The van der Waals surface area contributed by atoms with E-state index in [1.165, 1.54) is 0 Å². The van der Waals surface area contributed by atoms with Crippen molar-refractivity contribution in [3.8, 4) is 11.5 Å². The molecule has 15 heteroatoms. The fraction of sp³-hybridized carbons (Fsp3) is 0.516. The molecule has 2 heterocycles. The molecule has 0 spiro atoms. The lowest BCUT2D eigenvalue weighted by Gasteiger charge is -2.23. The molecule has 0 aliphatic rings. The van der Waals surface area contributed by atoms with Crippen molar-refractivity contribution < 1.29 is 34.0 Å². The Kier molecular flexibility index (Phi) is 17.7. The zero-order chi connectivity index (χ0) is 34.1. The van der Waals surface area contributed by atoms with Crippen LogP contribution in [0, 0.1) is 0 Å². The molecule has 2 aromatic heterocycles. The molecule has 256 valence electrons. The van der Waals surface area contributed by atoms with E-state index in [1.54, 1.807) is 18.2 Å². The van der Waals surface area contributed by atoms with Crippen molar-refractivity contribution >= 4 is 49.4 Å². The molecule has 0 aliphatic heterocycles. The van der Waals surface area contributed by atoms with Gasteiger partial charge >= 0.3 is 9.75 Å². The van der Waals surface area contributed by atoms with E-state index in [0.29, 0.717) is 63.3 Å². The number of rotatable bonds is 16. The van der Waals surface area contributed by atoms with E-state index in [2.05, 4.69) is 14.9 Å². The maximum atomic E-state index is 11.5. The van der Waals surface area contributed by atoms with Gasteiger partial charge in [0, 0.05) is 39.5 Å². The SMILES string of the molecule is CCOC(C=O)OCC.CCOC(CN(C)CCc1ccc(O)c2[nH]c(=O)sc12)OCC.NCCc1ccc(O)c2[nH]c(=O)sc12. The van der Waals surface area contributed by atoms with E-state index in [-0.39, 0.29) is 27.5 Å². The molecule has 46 heavy (non-hydrogen) atoms. The summed E-state index contributed by atoms with van der Waals surface area (Å²) in [6.45, 7) is 11.8.